The molecule has 0 amide bonds. The van der Waals surface area contributed by atoms with Crippen LogP contribution in [0.25, 0.3) is 0 Å². The molecule has 21 heavy (non-hydrogen) atoms. The molecule has 0 saturated heterocycles. The van der Waals surface area contributed by atoms with Gasteiger partial charge in [-0.05, 0) is 30.7 Å². The van der Waals surface area contributed by atoms with Crippen LogP contribution in [0.2, 0.25) is 5.02 Å². The average molecular weight is 334 g/mol. The van der Waals surface area contributed by atoms with Gasteiger partial charge < -0.3 is 15.2 Å². The van der Waals surface area contributed by atoms with E-state index in [1.807, 2.05) is 31.2 Å². The van der Waals surface area contributed by atoms with Crippen LogP contribution >= 0.6 is 11.6 Å². The summed E-state index contributed by atoms with van der Waals surface area (Å²) >= 11 is 5.80. The van der Waals surface area contributed by atoms with Gasteiger partial charge in [-0.15, -0.1) is 0 Å². The maximum Gasteiger partial charge on any atom is 0.0897 e. The molecule has 0 heterocycles. The van der Waals surface area contributed by atoms with Crippen molar-refractivity contribution in [3.63, 3.8) is 0 Å². The zero-order valence-electron chi connectivity index (χ0n) is 12.5. The molecule has 0 saturated carbocycles. The average Bonchev–Trinajstić information content (AvgIpc) is 2.45. The minimum atomic E-state index is -0.789. The predicted molar refractivity (Wildman–Crippen MR) is 88.1 cm³/mol. The van der Waals surface area contributed by atoms with Crippen LogP contribution < -0.4 is 5.32 Å². The van der Waals surface area contributed by atoms with Crippen molar-refractivity contribution in [2.45, 2.75) is 31.3 Å². The normalized spacial score (nSPS) is 15.6. The maximum absolute atomic E-state index is 11.2. The number of aliphatic hydroxyl groups excluding tert-OH is 1. The smallest absolute Gasteiger partial charge is 0.0897 e. The van der Waals surface area contributed by atoms with Gasteiger partial charge in [-0.25, -0.2) is 0 Å². The van der Waals surface area contributed by atoms with Gasteiger partial charge in [0.05, 0.1) is 19.3 Å². The van der Waals surface area contributed by atoms with Gasteiger partial charge in [0.1, 0.15) is 0 Å². The fourth-order valence-corrected chi connectivity index (χ4v) is 2.27. The molecule has 120 valence electrons. The lowest BCUT2D eigenvalue weighted by molar-refractivity contribution is 0.0289. The lowest BCUT2D eigenvalue weighted by Gasteiger charge is -2.13. The van der Waals surface area contributed by atoms with Gasteiger partial charge in [0.2, 0.25) is 0 Å². The molecule has 0 aliphatic carbocycles. The van der Waals surface area contributed by atoms with Crippen LogP contribution in [0.4, 0.5) is 0 Å². The van der Waals surface area contributed by atoms with Crippen LogP contribution in [-0.2, 0) is 22.1 Å². The van der Waals surface area contributed by atoms with Crippen molar-refractivity contribution >= 4 is 22.4 Å². The molecule has 2 N–H and O–H groups in total. The zero-order chi connectivity index (χ0) is 15.7. The number of hydrogen-bond donors (Lipinski definition) is 2. The molecule has 0 aliphatic rings. The topological polar surface area (TPSA) is 58.6 Å². The zero-order valence-corrected chi connectivity index (χ0v) is 14.1. The van der Waals surface area contributed by atoms with Gasteiger partial charge in [-0.1, -0.05) is 30.7 Å². The molecular formula is C15H24ClNO3S. The Bertz CT molecular complexity index is 427. The summed E-state index contributed by atoms with van der Waals surface area (Å²) in [6, 6.07) is 7.44. The Hall–Kier alpha value is -0.460. The highest BCUT2D eigenvalue weighted by molar-refractivity contribution is 7.84. The number of ether oxygens (including phenoxy) is 1. The van der Waals surface area contributed by atoms with E-state index in [0.717, 1.165) is 18.5 Å². The third kappa shape index (κ3) is 8.53. The molecule has 3 unspecified atom stereocenters. The second-order valence-electron chi connectivity index (χ2n) is 5.10. The first kappa shape index (κ1) is 18.6. The van der Waals surface area contributed by atoms with Crippen molar-refractivity contribution in [2.75, 3.05) is 26.0 Å². The summed E-state index contributed by atoms with van der Waals surface area (Å²) in [6.45, 7) is 3.92. The summed E-state index contributed by atoms with van der Waals surface area (Å²) in [5, 5.41) is 13.8. The Balaban J connectivity index is 2.07. The Kier molecular flexibility index (Phi) is 9.11. The van der Waals surface area contributed by atoms with Crippen molar-refractivity contribution in [1.82, 2.24) is 5.32 Å². The summed E-state index contributed by atoms with van der Waals surface area (Å²) in [5.74, 6) is 0. The van der Waals surface area contributed by atoms with Crippen LogP contribution in [0.3, 0.4) is 0 Å². The van der Waals surface area contributed by atoms with Crippen LogP contribution in [0.5, 0.6) is 0 Å². The van der Waals surface area contributed by atoms with E-state index in [-0.39, 0.29) is 11.9 Å². The van der Waals surface area contributed by atoms with Crippen LogP contribution in [0.1, 0.15) is 18.9 Å². The van der Waals surface area contributed by atoms with Crippen LogP contribution in [-0.4, -0.2) is 46.6 Å². The molecule has 4 nitrogen and oxygen atoms in total. The molecule has 0 aliphatic heterocycles. The number of halogens is 1. The van der Waals surface area contributed by atoms with E-state index in [4.69, 9.17) is 16.3 Å². The van der Waals surface area contributed by atoms with Crippen molar-refractivity contribution in [3.05, 3.63) is 34.9 Å². The van der Waals surface area contributed by atoms with Crippen LogP contribution in [0, 0.1) is 0 Å². The molecule has 0 radical (unpaired) electrons. The van der Waals surface area contributed by atoms with Crippen molar-refractivity contribution in [3.8, 4) is 0 Å². The van der Waals surface area contributed by atoms with E-state index >= 15 is 0 Å². The minimum Gasteiger partial charge on any atom is -0.389 e. The fourth-order valence-electron chi connectivity index (χ4n) is 1.69. The predicted octanol–water partition coefficient (Wildman–Crippen LogP) is 1.96. The van der Waals surface area contributed by atoms with Gasteiger partial charge in [0, 0.05) is 33.9 Å². The van der Waals surface area contributed by atoms with E-state index in [1.165, 1.54) is 0 Å². The van der Waals surface area contributed by atoms with E-state index < -0.39 is 16.9 Å². The van der Waals surface area contributed by atoms with Crippen molar-refractivity contribution in [2.24, 2.45) is 0 Å². The first-order valence-electron chi connectivity index (χ1n) is 7.02. The molecule has 0 aromatic heterocycles. The fraction of sp³-hybridized carbons (Fsp3) is 0.600. The molecule has 1 aromatic rings. The third-order valence-electron chi connectivity index (χ3n) is 3.17. The summed E-state index contributed by atoms with van der Waals surface area (Å²) in [5.41, 5.74) is 1.03. The quantitative estimate of drug-likeness (QED) is 0.643. The largest absolute Gasteiger partial charge is 0.389 e. The number of aliphatic hydroxyl groups is 1. The van der Waals surface area contributed by atoms with E-state index in [0.29, 0.717) is 18.2 Å². The Morgan fingerprint density at radius 1 is 1.38 bits per heavy atom. The highest BCUT2D eigenvalue weighted by atomic mass is 35.5. The van der Waals surface area contributed by atoms with Gasteiger partial charge in [0.15, 0.2) is 0 Å². The molecular weight excluding hydrogens is 310 g/mol. The lowest BCUT2D eigenvalue weighted by atomic mass is 10.2. The molecule has 3 atom stereocenters. The van der Waals surface area contributed by atoms with Gasteiger partial charge >= 0.3 is 0 Å². The van der Waals surface area contributed by atoms with Crippen LogP contribution in [0.15, 0.2) is 24.3 Å². The minimum absolute atomic E-state index is 0.177. The second kappa shape index (κ2) is 10.3. The summed E-state index contributed by atoms with van der Waals surface area (Å²) in [7, 11) is -0.789. The van der Waals surface area contributed by atoms with E-state index in [2.05, 4.69) is 5.32 Å². The third-order valence-corrected chi connectivity index (χ3v) is 4.79. The van der Waals surface area contributed by atoms with Crippen molar-refractivity contribution in [1.29, 1.82) is 0 Å². The van der Waals surface area contributed by atoms with Gasteiger partial charge in [0.25, 0.3) is 0 Å². The molecule has 0 fully saturated rings. The first-order chi connectivity index (χ1) is 9.99. The monoisotopic (exact) mass is 333 g/mol. The van der Waals surface area contributed by atoms with Gasteiger partial charge in [-0.3, -0.25) is 4.21 Å². The number of rotatable bonds is 10. The summed E-state index contributed by atoms with van der Waals surface area (Å²) < 4.78 is 16.6. The second-order valence-corrected chi connectivity index (χ2v) is 7.34. The number of benzene rings is 1. The summed E-state index contributed by atoms with van der Waals surface area (Å²) in [4.78, 5) is 0. The van der Waals surface area contributed by atoms with Gasteiger partial charge in [-0.2, -0.15) is 0 Å². The highest BCUT2D eigenvalue weighted by Gasteiger charge is 2.07. The lowest BCUT2D eigenvalue weighted by Crippen LogP contribution is -2.32. The number of hydrogen-bond acceptors (Lipinski definition) is 4. The Labute approximate surface area is 134 Å². The molecule has 1 aromatic carbocycles. The van der Waals surface area contributed by atoms with Crippen molar-refractivity contribution < 1.29 is 14.1 Å². The Morgan fingerprint density at radius 2 is 2.05 bits per heavy atom. The number of nitrogens with one attached hydrogen (secondary N) is 1. The molecule has 0 bridgehead atoms. The summed E-state index contributed by atoms with van der Waals surface area (Å²) in [6.07, 6.45) is 2.01. The molecule has 0 spiro atoms. The highest BCUT2D eigenvalue weighted by Crippen LogP contribution is 2.10. The van der Waals surface area contributed by atoms with E-state index in [9.17, 15) is 9.32 Å². The standard InChI is InChI=1S/C15H24ClNO3S/c1-12(21(2)19)7-8-17-9-15(18)11-20-10-13-3-5-14(16)6-4-13/h3-6,12,15,17-18H,7-11H2,1-2H3. The van der Waals surface area contributed by atoms with E-state index in [1.54, 1.807) is 6.26 Å². The Morgan fingerprint density at radius 3 is 2.67 bits per heavy atom. The molecule has 6 heteroatoms. The maximum atomic E-state index is 11.2. The molecule has 1 rings (SSSR count). The first-order valence-corrected chi connectivity index (χ1v) is 9.02. The SMILES string of the molecule is CC(CCNCC(O)COCc1ccc(Cl)cc1)S(C)=O.